The Bertz CT molecular complexity index is 2080. The van der Waals surface area contributed by atoms with E-state index in [2.05, 4.69) is 37.4 Å². The Kier molecular flexibility index (Phi) is 10.7. The molecule has 0 aliphatic heterocycles. The molecule has 0 radical (unpaired) electrons. The van der Waals surface area contributed by atoms with Crippen molar-refractivity contribution in [2.75, 3.05) is 13.2 Å². The van der Waals surface area contributed by atoms with E-state index >= 15 is 0 Å². The lowest BCUT2D eigenvalue weighted by atomic mass is 10.00. The summed E-state index contributed by atoms with van der Waals surface area (Å²) in [6.45, 7) is 7.26. The van der Waals surface area contributed by atoms with Crippen molar-refractivity contribution in [2.45, 2.75) is 22.0 Å². The van der Waals surface area contributed by atoms with E-state index in [-0.39, 0.29) is 13.2 Å². The van der Waals surface area contributed by atoms with Crippen LogP contribution in [0, 0.1) is 0 Å². The van der Waals surface area contributed by atoms with E-state index in [9.17, 15) is 9.59 Å². The molecule has 244 valence electrons. The highest BCUT2D eigenvalue weighted by atomic mass is 32.2. The number of esters is 2. The molecular formula is C42H34O6S. The maximum Gasteiger partial charge on any atom is 0.330 e. The Balaban J connectivity index is 1.44. The Labute approximate surface area is 289 Å². The number of hydrogen-bond donors (Lipinski definition) is 0. The number of benzene rings is 6. The molecule has 6 nitrogen and oxygen atoms in total. The lowest BCUT2D eigenvalue weighted by molar-refractivity contribution is -0.145. The maximum atomic E-state index is 12.4. The molecule has 6 aromatic rings. The summed E-state index contributed by atoms with van der Waals surface area (Å²) in [7, 11) is 0. The molecule has 7 heteroatoms. The average Bonchev–Trinajstić information content (AvgIpc) is 3.15. The second-order valence-corrected chi connectivity index (χ2v) is 12.2. The Morgan fingerprint density at radius 1 is 0.531 bits per heavy atom. The lowest BCUT2D eigenvalue weighted by Crippen LogP contribution is -2.18. The molecular weight excluding hydrogens is 633 g/mol. The van der Waals surface area contributed by atoms with Crippen LogP contribution in [0.2, 0.25) is 0 Å². The summed E-state index contributed by atoms with van der Waals surface area (Å²) in [5.74, 6) is 0.176. The van der Waals surface area contributed by atoms with Crippen LogP contribution in [0.3, 0.4) is 0 Å². The minimum atomic E-state index is -0.676. The standard InChI is InChI=1S/C42H34O6S/c1-3-39(43)47-37(29-16-8-5-9-17-29)27-45-41-33-22-14-15-23-34(33)42(46-28-38(48-40(44)4-2)30-18-10-6-11-19-30)36-26-32(24-25-35(36)41)49-31-20-12-7-13-21-31/h3-26,37-38H,1-2,27-28H2. The minimum Gasteiger partial charge on any atom is -0.488 e. The van der Waals surface area contributed by atoms with Crippen LogP contribution >= 0.6 is 11.8 Å². The number of ether oxygens (including phenoxy) is 4. The number of carbonyl (C=O) groups is 2. The first-order valence-electron chi connectivity index (χ1n) is 15.8. The summed E-state index contributed by atoms with van der Waals surface area (Å²) in [5, 5.41) is 3.26. The summed E-state index contributed by atoms with van der Waals surface area (Å²) in [6, 6.07) is 43.1. The highest BCUT2D eigenvalue weighted by Crippen LogP contribution is 2.45. The van der Waals surface area contributed by atoms with Crippen LogP contribution in [0.25, 0.3) is 21.5 Å². The first-order chi connectivity index (χ1) is 24.0. The van der Waals surface area contributed by atoms with Crippen molar-refractivity contribution in [1.29, 1.82) is 0 Å². The van der Waals surface area contributed by atoms with Crippen LogP contribution in [0.5, 0.6) is 11.5 Å². The smallest absolute Gasteiger partial charge is 0.330 e. The van der Waals surface area contributed by atoms with Crippen molar-refractivity contribution < 1.29 is 28.5 Å². The highest BCUT2D eigenvalue weighted by molar-refractivity contribution is 7.99. The van der Waals surface area contributed by atoms with E-state index in [1.165, 1.54) is 0 Å². The molecule has 49 heavy (non-hydrogen) atoms. The number of hydrogen-bond acceptors (Lipinski definition) is 7. The monoisotopic (exact) mass is 666 g/mol. The van der Waals surface area contributed by atoms with Crippen LogP contribution in [0.1, 0.15) is 23.3 Å². The molecule has 0 aliphatic rings. The second-order valence-electron chi connectivity index (χ2n) is 11.0. The van der Waals surface area contributed by atoms with Gasteiger partial charge in [0.1, 0.15) is 24.7 Å². The van der Waals surface area contributed by atoms with Gasteiger partial charge in [0.2, 0.25) is 0 Å². The van der Waals surface area contributed by atoms with E-state index in [1.54, 1.807) is 11.8 Å². The molecule has 0 aromatic heterocycles. The quantitative estimate of drug-likeness (QED) is 0.0651. The zero-order valence-corrected chi connectivity index (χ0v) is 27.5. The van der Waals surface area contributed by atoms with Gasteiger partial charge in [0, 0.05) is 43.5 Å². The Hall–Kier alpha value is -5.79. The number of rotatable bonds is 14. The van der Waals surface area contributed by atoms with Gasteiger partial charge in [-0.15, -0.1) is 0 Å². The molecule has 0 heterocycles. The van der Waals surface area contributed by atoms with E-state index < -0.39 is 24.1 Å². The normalized spacial score (nSPS) is 12.1. The van der Waals surface area contributed by atoms with Crippen molar-refractivity contribution in [3.05, 3.63) is 170 Å². The van der Waals surface area contributed by atoms with Crippen LogP contribution in [-0.4, -0.2) is 25.2 Å². The number of fused-ring (bicyclic) bond motifs is 2. The summed E-state index contributed by atoms with van der Waals surface area (Å²) in [5.41, 5.74) is 1.60. The van der Waals surface area contributed by atoms with E-state index in [1.807, 2.05) is 109 Å². The van der Waals surface area contributed by atoms with Gasteiger partial charge in [-0.3, -0.25) is 0 Å². The highest BCUT2D eigenvalue weighted by Gasteiger charge is 2.23. The molecule has 0 saturated carbocycles. The molecule has 2 atom stereocenters. The Morgan fingerprint density at radius 2 is 0.959 bits per heavy atom. The van der Waals surface area contributed by atoms with Gasteiger partial charge in [-0.05, 0) is 41.5 Å². The zero-order chi connectivity index (χ0) is 34.0. The molecule has 0 aliphatic carbocycles. The Morgan fingerprint density at radius 3 is 1.45 bits per heavy atom. The summed E-state index contributed by atoms with van der Waals surface area (Å²) in [6.07, 6.45) is 0.947. The van der Waals surface area contributed by atoms with Crippen LogP contribution in [-0.2, 0) is 19.1 Å². The van der Waals surface area contributed by atoms with Crippen molar-refractivity contribution in [1.82, 2.24) is 0 Å². The van der Waals surface area contributed by atoms with Crippen molar-refractivity contribution >= 4 is 45.2 Å². The third kappa shape index (κ3) is 8.03. The summed E-state index contributed by atoms with van der Waals surface area (Å²) in [4.78, 5) is 26.8. The van der Waals surface area contributed by atoms with Gasteiger partial charge in [-0.25, -0.2) is 9.59 Å². The van der Waals surface area contributed by atoms with Crippen molar-refractivity contribution in [3.8, 4) is 11.5 Å². The minimum absolute atomic E-state index is 0.0620. The fourth-order valence-electron chi connectivity index (χ4n) is 5.50. The molecule has 0 fully saturated rings. The van der Waals surface area contributed by atoms with Crippen LogP contribution in [0.4, 0.5) is 0 Å². The molecule has 6 rings (SSSR count). The van der Waals surface area contributed by atoms with Gasteiger partial charge in [0.15, 0.2) is 12.2 Å². The van der Waals surface area contributed by atoms with Crippen molar-refractivity contribution in [2.24, 2.45) is 0 Å². The van der Waals surface area contributed by atoms with Gasteiger partial charge in [0.05, 0.1) is 0 Å². The second kappa shape index (κ2) is 15.9. The lowest BCUT2D eigenvalue weighted by Gasteiger charge is -2.23. The summed E-state index contributed by atoms with van der Waals surface area (Å²) < 4.78 is 24.8. The number of carbonyl (C=O) groups excluding carboxylic acids is 2. The van der Waals surface area contributed by atoms with Gasteiger partial charge in [0.25, 0.3) is 0 Å². The van der Waals surface area contributed by atoms with E-state index in [0.717, 1.165) is 54.6 Å². The third-order valence-corrected chi connectivity index (χ3v) is 8.82. The zero-order valence-electron chi connectivity index (χ0n) is 26.7. The molecule has 0 bridgehead atoms. The molecule has 2 unspecified atom stereocenters. The fraction of sp³-hybridized carbons (Fsp3) is 0.0952. The first-order valence-corrected chi connectivity index (χ1v) is 16.6. The fourth-order valence-corrected chi connectivity index (χ4v) is 6.38. The summed E-state index contributed by atoms with van der Waals surface area (Å²) >= 11 is 1.64. The SMILES string of the molecule is C=CC(=O)OC(COc1c2ccccc2c(OCC(OC(=O)C=C)c2ccccc2)c2cc(Sc3ccccc3)ccc12)c1ccccc1. The van der Waals surface area contributed by atoms with Crippen LogP contribution < -0.4 is 9.47 Å². The molecule has 0 spiro atoms. The van der Waals surface area contributed by atoms with Gasteiger partial charge < -0.3 is 18.9 Å². The van der Waals surface area contributed by atoms with E-state index in [0.29, 0.717) is 11.5 Å². The van der Waals surface area contributed by atoms with Gasteiger partial charge in [-0.1, -0.05) is 128 Å². The first kappa shape index (κ1) is 33.1. The maximum absolute atomic E-state index is 12.4. The van der Waals surface area contributed by atoms with E-state index in [4.69, 9.17) is 18.9 Å². The van der Waals surface area contributed by atoms with Gasteiger partial charge >= 0.3 is 11.9 Å². The topological polar surface area (TPSA) is 71.1 Å². The third-order valence-electron chi connectivity index (χ3n) is 7.83. The average molecular weight is 667 g/mol. The molecule has 6 aromatic carbocycles. The molecule has 0 saturated heterocycles. The molecule has 0 N–H and O–H groups in total. The van der Waals surface area contributed by atoms with Crippen LogP contribution in [0.15, 0.2) is 169 Å². The predicted molar refractivity (Wildman–Crippen MR) is 194 cm³/mol. The van der Waals surface area contributed by atoms with Gasteiger partial charge in [-0.2, -0.15) is 0 Å². The largest absolute Gasteiger partial charge is 0.488 e. The van der Waals surface area contributed by atoms with Crippen molar-refractivity contribution in [3.63, 3.8) is 0 Å². The predicted octanol–water partition coefficient (Wildman–Crippen LogP) is 9.84. The molecule has 0 amide bonds.